The number of amides is 3. The lowest BCUT2D eigenvalue weighted by atomic mass is 9.78. The predicted molar refractivity (Wildman–Crippen MR) is 141 cm³/mol. The van der Waals surface area contributed by atoms with Crippen LogP contribution in [0.5, 0.6) is 5.75 Å². The number of anilines is 1. The monoisotopic (exact) mass is 479 g/mol. The minimum Gasteiger partial charge on any atom is -0.496 e. The highest BCUT2D eigenvalue weighted by atomic mass is 16.5. The van der Waals surface area contributed by atoms with Gasteiger partial charge in [0.1, 0.15) is 5.75 Å². The van der Waals surface area contributed by atoms with Crippen LogP contribution in [0.2, 0.25) is 0 Å². The third-order valence-electron chi connectivity index (χ3n) is 7.86. The number of fused-ring (bicyclic) bond motifs is 5. The van der Waals surface area contributed by atoms with Crippen LogP contribution < -0.4 is 9.64 Å². The van der Waals surface area contributed by atoms with Crippen molar-refractivity contribution >= 4 is 28.5 Å². The summed E-state index contributed by atoms with van der Waals surface area (Å²) in [5.41, 5.74) is 4.38. The van der Waals surface area contributed by atoms with Gasteiger partial charge in [0.15, 0.2) is 5.54 Å². The van der Waals surface area contributed by atoms with Crippen LogP contribution in [0, 0.1) is 0 Å². The molecule has 36 heavy (non-hydrogen) atoms. The number of aromatic nitrogens is 1. The van der Waals surface area contributed by atoms with E-state index in [0.29, 0.717) is 18.2 Å². The summed E-state index contributed by atoms with van der Waals surface area (Å²) < 4.78 is 5.72. The number of benzene rings is 3. The molecule has 0 unspecified atom stereocenters. The van der Waals surface area contributed by atoms with E-state index in [0.717, 1.165) is 39.0 Å². The summed E-state index contributed by atoms with van der Waals surface area (Å²) in [5.74, 6) is 0.737. The Morgan fingerprint density at radius 2 is 1.67 bits per heavy atom. The van der Waals surface area contributed by atoms with Crippen molar-refractivity contribution in [2.24, 2.45) is 0 Å². The average Bonchev–Trinajstić information content (AvgIpc) is 3.38. The van der Waals surface area contributed by atoms with Gasteiger partial charge in [-0.25, -0.2) is 9.69 Å². The molecule has 0 bridgehead atoms. The van der Waals surface area contributed by atoms with Crippen LogP contribution >= 0.6 is 0 Å². The van der Waals surface area contributed by atoms with E-state index in [1.807, 2.05) is 73.7 Å². The highest BCUT2D eigenvalue weighted by molar-refractivity contribution is 6.23. The van der Waals surface area contributed by atoms with Crippen molar-refractivity contribution in [2.75, 3.05) is 18.6 Å². The molecular weight excluding hydrogens is 450 g/mol. The van der Waals surface area contributed by atoms with Gasteiger partial charge in [-0.3, -0.25) is 4.79 Å². The van der Waals surface area contributed by atoms with Gasteiger partial charge in [0.2, 0.25) is 0 Å². The summed E-state index contributed by atoms with van der Waals surface area (Å²) in [6, 6.07) is 23.4. The third-order valence-corrected chi connectivity index (χ3v) is 7.86. The highest BCUT2D eigenvalue weighted by Crippen LogP contribution is 2.51. The van der Waals surface area contributed by atoms with Gasteiger partial charge in [0.25, 0.3) is 5.91 Å². The van der Waals surface area contributed by atoms with Crippen LogP contribution in [0.1, 0.15) is 55.0 Å². The lowest BCUT2D eigenvalue weighted by molar-refractivity contribution is -0.125. The van der Waals surface area contributed by atoms with Crippen LogP contribution in [0.4, 0.5) is 10.5 Å². The van der Waals surface area contributed by atoms with Crippen molar-refractivity contribution in [3.63, 3.8) is 0 Å². The van der Waals surface area contributed by atoms with Gasteiger partial charge in [-0.15, -0.1) is 0 Å². The van der Waals surface area contributed by atoms with Gasteiger partial charge in [-0.1, -0.05) is 62.4 Å². The number of carbonyl (C=O) groups excluding carboxylic acids is 2. The van der Waals surface area contributed by atoms with Crippen molar-refractivity contribution in [1.29, 1.82) is 0 Å². The zero-order valence-corrected chi connectivity index (χ0v) is 20.9. The topological polar surface area (TPSA) is 65.6 Å². The van der Waals surface area contributed by atoms with E-state index in [-0.39, 0.29) is 17.9 Å². The molecular formula is C30H29N3O3. The van der Waals surface area contributed by atoms with Crippen LogP contribution in [0.3, 0.4) is 0 Å². The SMILES string of the molecule is COc1ccccc1[C@H]1CN2C(=O)N(c3ccc(C(C)C)cc3)C(=O)[C@]2(C)c2[nH]c3ccccc3c21. The van der Waals surface area contributed by atoms with E-state index in [1.165, 1.54) is 4.90 Å². The number of nitrogens with zero attached hydrogens (tertiary/aromatic N) is 2. The third kappa shape index (κ3) is 2.97. The molecule has 1 fully saturated rings. The van der Waals surface area contributed by atoms with Crippen LogP contribution in [0.25, 0.3) is 10.9 Å². The Morgan fingerprint density at radius 1 is 0.972 bits per heavy atom. The van der Waals surface area contributed by atoms with Gasteiger partial charge in [-0.05, 0) is 48.2 Å². The summed E-state index contributed by atoms with van der Waals surface area (Å²) in [5, 5.41) is 1.06. The molecule has 0 aliphatic carbocycles. The molecule has 3 aromatic carbocycles. The Morgan fingerprint density at radius 3 is 2.39 bits per heavy atom. The Bertz CT molecular complexity index is 1500. The molecule has 2 aliphatic rings. The van der Waals surface area contributed by atoms with Crippen LogP contribution in [-0.4, -0.2) is 35.5 Å². The second-order valence-electron chi connectivity index (χ2n) is 10.1. The first-order valence-corrected chi connectivity index (χ1v) is 12.4. The summed E-state index contributed by atoms with van der Waals surface area (Å²) in [4.78, 5) is 34.6. The maximum absolute atomic E-state index is 14.1. The number of para-hydroxylation sites is 2. The van der Waals surface area contributed by atoms with Crippen molar-refractivity contribution < 1.29 is 14.3 Å². The molecule has 1 aromatic heterocycles. The lowest BCUT2D eigenvalue weighted by Crippen LogP contribution is -2.50. The molecule has 0 spiro atoms. The standard InChI is InChI=1S/C30H29N3O3/c1-18(2)19-13-15-20(16-14-19)33-28(34)30(3)27-26(22-10-5-7-11-24(22)31-27)23(17-32(30)29(33)35)21-9-6-8-12-25(21)36-4/h5-16,18,23,31H,17H2,1-4H3/t23-,30+/m1/s1. The molecule has 2 aliphatic heterocycles. The van der Waals surface area contributed by atoms with E-state index in [2.05, 4.69) is 24.9 Å². The zero-order valence-electron chi connectivity index (χ0n) is 20.9. The smallest absolute Gasteiger partial charge is 0.332 e. The summed E-state index contributed by atoms with van der Waals surface area (Å²) in [6.45, 7) is 6.48. The predicted octanol–water partition coefficient (Wildman–Crippen LogP) is 6.13. The van der Waals surface area contributed by atoms with Crippen molar-refractivity contribution in [3.05, 3.63) is 95.2 Å². The Hall–Kier alpha value is -4.06. The van der Waals surface area contributed by atoms with Gasteiger partial charge in [-0.2, -0.15) is 0 Å². The number of rotatable bonds is 4. The second kappa shape index (κ2) is 7.98. The van der Waals surface area contributed by atoms with E-state index in [4.69, 9.17) is 4.74 Å². The minimum absolute atomic E-state index is 0.152. The van der Waals surface area contributed by atoms with Crippen molar-refractivity contribution in [1.82, 2.24) is 9.88 Å². The Kier molecular flexibility index (Phi) is 4.97. The molecule has 6 nitrogen and oxygen atoms in total. The molecule has 1 saturated heterocycles. The number of imide groups is 1. The number of H-pyrrole nitrogens is 1. The molecule has 0 radical (unpaired) electrons. The van der Waals surface area contributed by atoms with Gasteiger partial charge >= 0.3 is 6.03 Å². The highest BCUT2D eigenvalue weighted by Gasteiger charge is 2.60. The van der Waals surface area contributed by atoms with Crippen molar-refractivity contribution in [3.8, 4) is 5.75 Å². The summed E-state index contributed by atoms with van der Waals surface area (Å²) in [7, 11) is 1.66. The molecule has 3 amide bonds. The number of urea groups is 1. The quantitative estimate of drug-likeness (QED) is 0.358. The molecule has 6 heteroatoms. The summed E-state index contributed by atoms with van der Waals surface area (Å²) >= 11 is 0. The van der Waals surface area contributed by atoms with Gasteiger partial charge in [0, 0.05) is 28.9 Å². The fraction of sp³-hybridized carbons (Fsp3) is 0.267. The molecule has 182 valence electrons. The largest absolute Gasteiger partial charge is 0.496 e. The molecule has 3 heterocycles. The fourth-order valence-corrected chi connectivity index (χ4v) is 5.86. The Labute approximate surface area is 210 Å². The molecule has 0 saturated carbocycles. The number of nitrogens with one attached hydrogen (secondary N) is 1. The first kappa shape index (κ1) is 22.4. The molecule has 2 atom stereocenters. The van der Waals surface area contributed by atoms with E-state index in [1.54, 1.807) is 12.0 Å². The number of methoxy groups -OCH3 is 1. The van der Waals surface area contributed by atoms with Crippen LogP contribution in [-0.2, 0) is 10.3 Å². The molecule has 6 rings (SSSR count). The second-order valence-corrected chi connectivity index (χ2v) is 10.1. The number of hydrogen-bond acceptors (Lipinski definition) is 3. The minimum atomic E-state index is -1.14. The molecule has 1 N–H and O–H groups in total. The lowest BCUT2D eigenvalue weighted by Gasteiger charge is -2.40. The number of ether oxygens (including phenoxy) is 1. The Balaban J connectivity index is 1.55. The normalized spacial score (nSPS) is 21.3. The number of hydrogen-bond donors (Lipinski definition) is 1. The van der Waals surface area contributed by atoms with Crippen LogP contribution in [0.15, 0.2) is 72.8 Å². The molecule has 4 aromatic rings. The number of aromatic amines is 1. The van der Waals surface area contributed by atoms with Gasteiger partial charge in [0.05, 0.1) is 18.5 Å². The fourth-order valence-electron chi connectivity index (χ4n) is 5.86. The maximum atomic E-state index is 14.1. The summed E-state index contributed by atoms with van der Waals surface area (Å²) in [6.07, 6.45) is 0. The van der Waals surface area contributed by atoms with E-state index in [9.17, 15) is 9.59 Å². The first-order chi connectivity index (χ1) is 17.4. The van der Waals surface area contributed by atoms with E-state index >= 15 is 0 Å². The first-order valence-electron chi connectivity index (χ1n) is 12.4. The van der Waals surface area contributed by atoms with Crippen molar-refractivity contribution in [2.45, 2.75) is 38.1 Å². The zero-order chi connectivity index (χ0) is 25.2. The van der Waals surface area contributed by atoms with E-state index < -0.39 is 5.54 Å². The average molecular weight is 480 g/mol. The number of carbonyl (C=O) groups is 2. The maximum Gasteiger partial charge on any atom is 0.332 e. The van der Waals surface area contributed by atoms with Gasteiger partial charge < -0.3 is 14.6 Å².